The molecule has 2 heterocycles. The van der Waals surface area contributed by atoms with Gasteiger partial charge in [-0.1, -0.05) is 25.7 Å². The summed E-state index contributed by atoms with van der Waals surface area (Å²) in [7, 11) is 1.57. The van der Waals surface area contributed by atoms with Gasteiger partial charge in [-0.25, -0.2) is 0 Å². The van der Waals surface area contributed by atoms with Gasteiger partial charge in [0.05, 0.1) is 19.3 Å². The van der Waals surface area contributed by atoms with Crippen molar-refractivity contribution in [2.24, 2.45) is 0 Å². The van der Waals surface area contributed by atoms with E-state index >= 15 is 0 Å². The van der Waals surface area contributed by atoms with Crippen LogP contribution in [0.5, 0.6) is 6.01 Å². The first-order valence-electron chi connectivity index (χ1n) is 8.76. The van der Waals surface area contributed by atoms with Gasteiger partial charge in [-0.2, -0.15) is 15.0 Å². The molecule has 0 bridgehead atoms. The van der Waals surface area contributed by atoms with Crippen molar-refractivity contribution >= 4 is 11.9 Å². The molecule has 0 radical (unpaired) electrons. The van der Waals surface area contributed by atoms with Crippen LogP contribution in [0.2, 0.25) is 0 Å². The molecule has 0 amide bonds. The van der Waals surface area contributed by atoms with Gasteiger partial charge in [0.1, 0.15) is 0 Å². The highest BCUT2D eigenvalue weighted by Crippen LogP contribution is 2.23. The number of aliphatic hydroxyl groups excluding tert-OH is 1. The normalized spacial score (nSPS) is 25.7. The molecule has 1 aliphatic heterocycles. The van der Waals surface area contributed by atoms with E-state index in [0.717, 1.165) is 51.6 Å². The Kier molecular flexibility index (Phi) is 5.48. The third-order valence-electron chi connectivity index (χ3n) is 4.72. The quantitative estimate of drug-likeness (QED) is 0.877. The van der Waals surface area contributed by atoms with Crippen molar-refractivity contribution in [1.29, 1.82) is 0 Å². The van der Waals surface area contributed by atoms with Gasteiger partial charge in [0.15, 0.2) is 0 Å². The molecule has 2 aliphatic rings. The number of aromatic nitrogens is 3. The maximum atomic E-state index is 10.1. The van der Waals surface area contributed by atoms with Crippen molar-refractivity contribution in [1.82, 2.24) is 15.0 Å². The summed E-state index contributed by atoms with van der Waals surface area (Å²) in [6, 6.07) is 0.333. The molecule has 2 atom stereocenters. The van der Waals surface area contributed by atoms with Crippen LogP contribution in [0.3, 0.4) is 0 Å². The maximum absolute atomic E-state index is 10.1. The first kappa shape index (κ1) is 16.2. The molecule has 7 heteroatoms. The van der Waals surface area contributed by atoms with Crippen LogP contribution in [-0.4, -0.2) is 52.4 Å². The second-order valence-electron chi connectivity index (χ2n) is 6.45. The summed E-state index contributed by atoms with van der Waals surface area (Å²) >= 11 is 0. The van der Waals surface area contributed by atoms with Gasteiger partial charge in [-0.15, -0.1) is 0 Å². The number of anilines is 2. The zero-order valence-corrected chi connectivity index (χ0v) is 13.9. The first-order chi connectivity index (χ1) is 11.3. The summed E-state index contributed by atoms with van der Waals surface area (Å²) < 4.78 is 5.24. The van der Waals surface area contributed by atoms with Gasteiger partial charge in [0.25, 0.3) is 0 Å². The minimum atomic E-state index is -0.340. The molecular weight excluding hydrogens is 294 g/mol. The fourth-order valence-corrected chi connectivity index (χ4v) is 3.36. The second kappa shape index (κ2) is 7.77. The van der Waals surface area contributed by atoms with E-state index in [-0.39, 0.29) is 12.1 Å². The highest BCUT2D eigenvalue weighted by Gasteiger charge is 2.24. The average Bonchev–Trinajstić information content (AvgIpc) is 2.86. The zero-order valence-electron chi connectivity index (χ0n) is 13.9. The van der Waals surface area contributed by atoms with E-state index in [2.05, 4.69) is 25.2 Å². The molecule has 7 nitrogen and oxygen atoms in total. The number of aliphatic hydroxyl groups is 1. The topological polar surface area (TPSA) is 83.4 Å². The second-order valence-corrected chi connectivity index (χ2v) is 6.45. The maximum Gasteiger partial charge on any atom is 0.322 e. The molecule has 2 fully saturated rings. The molecule has 0 spiro atoms. The van der Waals surface area contributed by atoms with Crippen molar-refractivity contribution < 1.29 is 9.84 Å². The van der Waals surface area contributed by atoms with E-state index in [4.69, 9.17) is 4.74 Å². The summed E-state index contributed by atoms with van der Waals surface area (Å²) in [6.45, 7) is 1.94. The van der Waals surface area contributed by atoms with Gasteiger partial charge in [0, 0.05) is 13.1 Å². The summed E-state index contributed by atoms with van der Waals surface area (Å²) in [6.07, 6.45) is 8.49. The lowest BCUT2D eigenvalue weighted by molar-refractivity contribution is 0.116. The van der Waals surface area contributed by atoms with Crippen molar-refractivity contribution in [2.75, 3.05) is 30.4 Å². The summed E-state index contributed by atoms with van der Waals surface area (Å²) in [5.41, 5.74) is 0. The molecule has 1 aromatic heterocycles. The van der Waals surface area contributed by atoms with Crippen LogP contribution < -0.4 is 15.0 Å². The van der Waals surface area contributed by atoms with Crippen LogP contribution in [-0.2, 0) is 0 Å². The monoisotopic (exact) mass is 321 g/mol. The SMILES string of the molecule is COc1nc(NC2CCCCC2O)nc(N2CCCCCC2)n1. The lowest BCUT2D eigenvalue weighted by atomic mass is 9.93. The molecule has 3 rings (SSSR count). The fourth-order valence-electron chi connectivity index (χ4n) is 3.36. The van der Waals surface area contributed by atoms with Gasteiger partial charge >= 0.3 is 6.01 Å². The third-order valence-corrected chi connectivity index (χ3v) is 4.72. The van der Waals surface area contributed by atoms with Crippen molar-refractivity contribution in [3.63, 3.8) is 0 Å². The summed E-state index contributed by atoms with van der Waals surface area (Å²) in [4.78, 5) is 15.5. The van der Waals surface area contributed by atoms with Crippen LogP contribution in [0.25, 0.3) is 0 Å². The van der Waals surface area contributed by atoms with Crippen molar-refractivity contribution in [3.8, 4) is 6.01 Å². The Hall–Kier alpha value is -1.63. The van der Waals surface area contributed by atoms with Crippen LogP contribution >= 0.6 is 0 Å². The van der Waals surface area contributed by atoms with Crippen LogP contribution in [0.4, 0.5) is 11.9 Å². The molecule has 1 aromatic rings. The Bertz CT molecular complexity index is 505. The lowest BCUT2D eigenvalue weighted by Gasteiger charge is -2.28. The largest absolute Gasteiger partial charge is 0.467 e. The number of hydrogen-bond acceptors (Lipinski definition) is 7. The Labute approximate surface area is 137 Å². The number of nitrogens with zero attached hydrogens (tertiary/aromatic N) is 4. The van der Waals surface area contributed by atoms with E-state index in [1.165, 1.54) is 12.8 Å². The van der Waals surface area contributed by atoms with E-state index in [1.807, 2.05) is 0 Å². The molecule has 1 saturated carbocycles. The number of nitrogens with one attached hydrogen (secondary N) is 1. The lowest BCUT2D eigenvalue weighted by Crippen LogP contribution is -2.37. The Balaban J connectivity index is 1.77. The van der Waals surface area contributed by atoms with Crippen LogP contribution in [0, 0.1) is 0 Å². The van der Waals surface area contributed by atoms with Gasteiger partial charge in [0.2, 0.25) is 11.9 Å². The predicted molar refractivity (Wildman–Crippen MR) is 88.9 cm³/mol. The summed E-state index contributed by atoms with van der Waals surface area (Å²) in [5.74, 6) is 1.17. The number of methoxy groups -OCH3 is 1. The predicted octanol–water partition coefficient (Wildman–Crippen LogP) is 1.98. The Morgan fingerprint density at radius 2 is 1.74 bits per heavy atom. The molecule has 128 valence electrons. The van der Waals surface area contributed by atoms with E-state index in [9.17, 15) is 5.11 Å². The Morgan fingerprint density at radius 1 is 1.00 bits per heavy atom. The molecule has 2 N–H and O–H groups in total. The first-order valence-corrected chi connectivity index (χ1v) is 8.76. The standard InChI is InChI=1S/C16H27N5O2/c1-23-16-19-14(17-12-8-4-5-9-13(12)22)18-15(20-16)21-10-6-2-3-7-11-21/h12-13,22H,2-11H2,1H3,(H,17,18,19,20). The number of hydrogen-bond donors (Lipinski definition) is 2. The Morgan fingerprint density at radius 3 is 2.43 bits per heavy atom. The van der Waals surface area contributed by atoms with Gasteiger partial charge in [-0.3, -0.25) is 0 Å². The van der Waals surface area contributed by atoms with Gasteiger partial charge in [-0.05, 0) is 25.7 Å². The molecule has 0 aromatic carbocycles. The van der Waals surface area contributed by atoms with E-state index < -0.39 is 0 Å². The third kappa shape index (κ3) is 4.22. The highest BCUT2D eigenvalue weighted by atomic mass is 16.5. The molecule has 2 unspecified atom stereocenters. The number of ether oxygens (including phenoxy) is 1. The minimum Gasteiger partial charge on any atom is -0.467 e. The number of rotatable bonds is 4. The zero-order chi connectivity index (χ0) is 16.1. The minimum absolute atomic E-state index is 0.00726. The van der Waals surface area contributed by atoms with Crippen LogP contribution in [0.15, 0.2) is 0 Å². The van der Waals surface area contributed by atoms with E-state index in [0.29, 0.717) is 17.9 Å². The fraction of sp³-hybridized carbons (Fsp3) is 0.812. The molecular formula is C16H27N5O2. The smallest absolute Gasteiger partial charge is 0.322 e. The average molecular weight is 321 g/mol. The van der Waals surface area contributed by atoms with Crippen LogP contribution in [0.1, 0.15) is 51.4 Å². The van der Waals surface area contributed by atoms with Gasteiger partial charge < -0.3 is 20.1 Å². The van der Waals surface area contributed by atoms with Crippen molar-refractivity contribution in [2.45, 2.75) is 63.5 Å². The van der Waals surface area contributed by atoms with E-state index in [1.54, 1.807) is 7.11 Å². The van der Waals surface area contributed by atoms with Crippen molar-refractivity contribution in [3.05, 3.63) is 0 Å². The molecule has 1 aliphatic carbocycles. The molecule has 1 saturated heterocycles. The highest BCUT2D eigenvalue weighted by molar-refractivity contribution is 5.39. The summed E-state index contributed by atoms with van der Waals surface area (Å²) in [5, 5.41) is 13.4. The molecule has 23 heavy (non-hydrogen) atoms.